The molecule has 0 aliphatic carbocycles. The molecule has 1 unspecified atom stereocenters. The van der Waals surface area contributed by atoms with Crippen molar-refractivity contribution < 1.29 is 4.74 Å². The molecule has 2 aromatic carbocycles. The smallest absolute Gasteiger partial charge is 0.0567 e. The van der Waals surface area contributed by atoms with Crippen LogP contribution in [0.15, 0.2) is 52.3 Å². The zero-order valence-electron chi connectivity index (χ0n) is 16.1. The lowest BCUT2D eigenvalue weighted by molar-refractivity contribution is 0.139. The first kappa shape index (κ1) is 19.1. The summed E-state index contributed by atoms with van der Waals surface area (Å²) in [5, 5.41) is 0.797. The molecule has 1 fully saturated rings. The van der Waals surface area contributed by atoms with E-state index in [1.54, 1.807) is 0 Å². The summed E-state index contributed by atoms with van der Waals surface area (Å²) in [6.45, 7) is 7.49. The van der Waals surface area contributed by atoms with Crippen molar-refractivity contribution in [3.8, 4) is 0 Å². The van der Waals surface area contributed by atoms with Crippen molar-refractivity contribution in [2.24, 2.45) is 5.41 Å². The Morgan fingerprint density at radius 2 is 1.96 bits per heavy atom. The first-order valence-corrected chi connectivity index (χ1v) is 10.9. The molecule has 2 aliphatic rings. The lowest BCUT2D eigenvalue weighted by Gasteiger charge is -2.40. The number of methoxy groups -OCH3 is 1. The van der Waals surface area contributed by atoms with E-state index in [1.807, 2.05) is 24.9 Å². The molecule has 27 heavy (non-hydrogen) atoms. The van der Waals surface area contributed by atoms with Crippen molar-refractivity contribution in [3.05, 3.63) is 47.5 Å². The maximum absolute atomic E-state index is 6.39. The zero-order valence-corrected chi connectivity index (χ0v) is 17.7. The van der Waals surface area contributed by atoms with Gasteiger partial charge in [-0.05, 0) is 56.3 Å². The van der Waals surface area contributed by atoms with Crippen LogP contribution in [0.1, 0.15) is 19.8 Å². The number of ether oxygens (including phenoxy) is 1. The second kappa shape index (κ2) is 8.04. The highest BCUT2D eigenvalue weighted by molar-refractivity contribution is 7.99. The molecule has 2 aliphatic heterocycles. The monoisotopic (exact) mass is 402 g/mol. The average Bonchev–Trinajstić information content (AvgIpc) is 3.10. The second-order valence-electron chi connectivity index (χ2n) is 7.63. The van der Waals surface area contributed by atoms with E-state index in [0.29, 0.717) is 0 Å². The van der Waals surface area contributed by atoms with Gasteiger partial charge in [-0.1, -0.05) is 42.4 Å². The molecule has 3 nitrogen and oxygen atoms in total. The fourth-order valence-corrected chi connectivity index (χ4v) is 5.58. The highest BCUT2D eigenvalue weighted by atomic mass is 35.5. The van der Waals surface area contributed by atoms with Crippen LogP contribution in [0.5, 0.6) is 0 Å². The molecule has 1 atom stereocenters. The number of halogens is 1. The highest BCUT2D eigenvalue weighted by Gasteiger charge is 2.40. The Labute approximate surface area is 171 Å². The predicted octanol–water partition coefficient (Wildman–Crippen LogP) is 5.69. The molecule has 0 saturated carbocycles. The van der Waals surface area contributed by atoms with E-state index in [9.17, 15) is 0 Å². The molecular formula is C22H27ClN2OS. The fraction of sp³-hybridized carbons (Fsp3) is 0.455. The molecule has 144 valence electrons. The van der Waals surface area contributed by atoms with Crippen LogP contribution in [0.25, 0.3) is 0 Å². The van der Waals surface area contributed by atoms with Crippen molar-refractivity contribution in [2.75, 3.05) is 44.8 Å². The quantitative estimate of drug-likeness (QED) is 0.616. The van der Waals surface area contributed by atoms with Crippen LogP contribution in [-0.4, -0.2) is 44.8 Å². The lowest BCUT2D eigenvalue weighted by atomic mass is 9.82. The highest BCUT2D eigenvalue weighted by Crippen LogP contribution is 2.50. The summed E-state index contributed by atoms with van der Waals surface area (Å²) < 4.78 is 5.48. The SMILES string of the molecule is CCN1CCC(CCOC)(CN2c3ccccc3Sc3ccc(Cl)cc32)C1. The minimum Gasteiger partial charge on any atom is -0.385 e. The molecule has 2 heterocycles. The minimum atomic E-state index is 0.237. The van der Waals surface area contributed by atoms with Crippen LogP contribution in [0.4, 0.5) is 11.4 Å². The Morgan fingerprint density at radius 3 is 2.74 bits per heavy atom. The Bertz CT molecular complexity index is 815. The van der Waals surface area contributed by atoms with Gasteiger partial charge in [0.15, 0.2) is 0 Å². The van der Waals surface area contributed by atoms with Crippen LogP contribution in [0.2, 0.25) is 5.02 Å². The van der Waals surface area contributed by atoms with Gasteiger partial charge in [0, 0.05) is 47.0 Å². The maximum atomic E-state index is 6.39. The molecule has 0 bridgehead atoms. The van der Waals surface area contributed by atoms with E-state index in [2.05, 4.69) is 53.1 Å². The summed E-state index contributed by atoms with van der Waals surface area (Å²) in [5.41, 5.74) is 2.77. The number of fused-ring (bicyclic) bond motifs is 2. The summed E-state index contributed by atoms with van der Waals surface area (Å²) in [6, 6.07) is 15.0. The summed E-state index contributed by atoms with van der Waals surface area (Å²) in [6.07, 6.45) is 2.30. The summed E-state index contributed by atoms with van der Waals surface area (Å²) >= 11 is 8.22. The first-order valence-electron chi connectivity index (χ1n) is 9.69. The maximum Gasteiger partial charge on any atom is 0.0567 e. The summed E-state index contributed by atoms with van der Waals surface area (Å²) in [4.78, 5) is 7.67. The Morgan fingerprint density at radius 1 is 1.15 bits per heavy atom. The molecular weight excluding hydrogens is 376 g/mol. The van der Waals surface area contributed by atoms with Crippen molar-refractivity contribution in [1.29, 1.82) is 0 Å². The standard InChI is InChI=1S/C22H27ClN2OS/c1-3-24-12-10-22(15-24,11-13-26-2)16-25-18-6-4-5-7-20(18)27-21-9-8-17(23)14-19(21)25/h4-9,14H,3,10-13,15-16H2,1-2H3. The van der Waals surface area contributed by atoms with Crippen molar-refractivity contribution in [3.63, 3.8) is 0 Å². The van der Waals surface area contributed by atoms with Gasteiger partial charge >= 0.3 is 0 Å². The molecule has 0 radical (unpaired) electrons. The van der Waals surface area contributed by atoms with Gasteiger partial charge in [0.1, 0.15) is 0 Å². The Hall–Kier alpha value is -1.20. The van der Waals surface area contributed by atoms with Gasteiger partial charge in [-0.3, -0.25) is 0 Å². The first-order chi connectivity index (χ1) is 13.1. The molecule has 0 amide bonds. The number of hydrogen-bond donors (Lipinski definition) is 0. The average molecular weight is 403 g/mol. The molecule has 0 N–H and O–H groups in total. The fourth-order valence-electron chi connectivity index (χ4n) is 4.34. The van der Waals surface area contributed by atoms with Crippen molar-refractivity contribution in [2.45, 2.75) is 29.6 Å². The second-order valence-corrected chi connectivity index (χ2v) is 9.15. The topological polar surface area (TPSA) is 15.7 Å². The Kier molecular flexibility index (Phi) is 5.70. The molecule has 4 rings (SSSR count). The van der Waals surface area contributed by atoms with Crippen LogP contribution in [0.3, 0.4) is 0 Å². The van der Waals surface area contributed by atoms with E-state index >= 15 is 0 Å². The third-order valence-corrected chi connectivity index (χ3v) is 7.25. The zero-order chi connectivity index (χ0) is 18.9. The number of hydrogen-bond acceptors (Lipinski definition) is 4. The summed E-state index contributed by atoms with van der Waals surface area (Å²) in [5.74, 6) is 0. The summed E-state index contributed by atoms with van der Waals surface area (Å²) in [7, 11) is 1.81. The predicted molar refractivity (Wildman–Crippen MR) is 115 cm³/mol. The number of para-hydroxylation sites is 1. The molecule has 0 aromatic heterocycles. The number of anilines is 2. The number of nitrogens with zero attached hydrogens (tertiary/aromatic N) is 2. The largest absolute Gasteiger partial charge is 0.385 e. The molecule has 0 spiro atoms. The third kappa shape index (κ3) is 3.86. The minimum absolute atomic E-state index is 0.237. The van der Waals surface area contributed by atoms with Gasteiger partial charge < -0.3 is 14.5 Å². The number of benzene rings is 2. The van der Waals surface area contributed by atoms with E-state index in [4.69, 9.17) is 16.3 Å². The van der Waals surface area contributed by atoms with Crippen LogP contribution in [-0.2, 0) is 4.74 Å². The van der Waals surface area contributed by atoms with E-state index in [0.717, 1.165) is 37.7 Å². The van der Waals surface area contributed by atoms with Crippen LogP contribution in [0, 0.1) is 5.41 Å². The van der Waals surface area contributed by atoms with E-state index in [-0.39, 0.29) is 5.41 Å². The van der Waals surface area contributed by atoms with Crippen LogP contribution >= 0.6 is 23.4 Å². The van der Waals surface area contributed by atoms with Gasteiger partial charge in [-0.25, -0.2) is 0 Å². The van der Waals surface area contributed by atoms with Crippen molar-refractivity contribution in [1.82, 2.24) is 4.90 Å². The van der Waals surface area contributed by atoms with Gasteiger partial charge in [0.05, 0.1) is 11.4 Å². The van der Waals surface area contributed by atoms with Crippen molar-refractivity contribution >= 4 is 34.7 Å². The number of rotatable bonds is 6. The molecule has 5 heteroatoms. The lowest BCUT2D eigenvalue weighted by Crippen LogP contribution is -2.39. The van der Waals surface area contributed by atoms with Crippen LogP contribution < -0.4 is 4.90 Å². The van der Waals surface area contributed by atoms with Gasteiger partial charge in [-0.15, -0.1) is 0 Å². The molecule has 2 aromatic rings. The molecule has 1 saturated heterocycles. The Balaban J connectivity index is 1.72. The normalized spacial score (nSPS) is 22.0. The third-order valence-electron chi connectivity index (χ3n) is 5.88. The number of likely N-dealkylation sites (tertiary alicyclic amines) is 1. The van der Waals surface area contributed by atoms with Gasteiger partial charge in [0.2, 0.25) is 0 Å². The van der Waals surface area contributed by atoms with E-state index in [1.165, 1.54) is 34.1 Å². The van der Waals surface area contributed by atoms with Gasteiger partial charge in [0.25, 0.3) is 0 Å². The van der Waals surface area contributed by atoms with Gasteiger partial charge in [-0.2, -0.15) is 0 Å². The van der Waals surface area contributed by atoms with E-state index < -0.39 is 0 Å².